The van der Waals surface area contributed by atoms with Gasteiger partial charge in [0.05, 0.1) is 19.0 Å². The van der Waals surface area contributed by atoms with Gasteiger partial charge in [0.15, 0.2) is 5.69 Å². The van der Waals surface area contributed by atoms with Gasteiger partial charge in [0.2, 0.25) is 0 Å². The van der Waals surface area contributed by atoms with Crippen molar-refractivity contribution in [1.82, 2.24) is 9.97 Å². The first-order valence-corrected chi connectivity index (χ1v) is 5.12. The molecule has 1 fully saturated rings. The zero-order valence-electron chi connectivity index (χ0n) is 7.66. The number of hydrogen-bond donors (Lipinski definition) is 0. The Labute approximate surface area is 89.8 Å². The first kappa shape index (κ1) is 9.58. The van der Waals surface area contributed by atoms with Gasteiger partial charge in [0.25, 0.3) is 0 Å². The maximum atomic E-state index is 11.3. The van der Waals surface area contributed by atoms with Crippen LogP contribution >= 0.6 is 15.9 Å². The number of methoxy groups -OCH3 is 1. The lowest BCUT2D eigenvalue weighted by molar-refractivity contribution is 0.0592. The summed E-state index contributed by atoms with van der Waals surface area (Å²) in [7, 11) is 1.33. The van der Waals surface area contributed by atoms with Gasteiger partial charge in [0, 0.05) is 5.92 Å². The lowest BCUT2D eigenvalue weighted by Crippen LogP contribution is -2.08. The number of rotatable bonds is 2. The van der Waals surface area contributed by atoms with Crippen LogP contribution in [0, 0.1) is 0 Å². The van der Waals surface area contributed by atoms with Crippen molar-refractivity contribution in [2.75, 3.05) is 7.11 Å². The summed E-state index contributed by atoms with van der Waals surface area (Å²) in [5.41, 5.74) is 1.14. The van der Waals surface area contributed by atoms with E-state index in [0.29, 0.717) is 10.5 Å². The maximum Gasteiger partial charge on any atom is 0.359 e. The van der Waals surface area contributed by atoms with E-state index in [1.807, 2.05) is 0 Å². The second-order valence-corrected chi connectivity index (χ2v) is 3.95. The van der Waals surface area contributed by atoms with E-state index in [1.54, 1.807) is 6.20 Å². The van der Waals surface area contributed by atoms with Crippen LogP contribution in [0.4, 0.5) is 0 Å². The largest absolute Gasteiger partial charge is 0.464 e. The van der Waals surface area contributed by atoms with Gasteiger partial charge < -0.3 is 4.74 Å². The van der Waals surface area contributed by atoms with Crippen molar-refractivity contribution in [2.24, 2.45) is 0 Å². The van der Waals surface area contributed by atoms with E-state index < -0.39 is 5.97 Å². The molecule has 1 aromatic heterocycles. The van der Waals surface area contributed by atoms with Crippen LogP contribution in [-0.4, -0.2) is 23.0 Å². The minimum atomic E-state index is -0.452. The molecule has 4 nitrogen and oxygen atoms in total. The van der Waals surface area contributed by atoms with Crippen molar-refractivity contribution < 1.29 is 9.53 Å². The van der Waals surface area contributed by atoms with Crippen molar-refractivity contribution in [3.63, 3.8) is 0 Å². The fourth-order valence-electron chi connectivity index (χ4n) is 1.19. The smallest absolute Gasteiger partial charge is 0.359 e. The quantitative estimate of drug-likeness (QED) is 0.759. The summed E-state index contributed by atoms with van der Waals surface area (Å²) < 4.78 is 5.04. The Kier molecular flexibility index (Phi) is 2.50. The third-order valence-corrected chi connectivity index (χ3v) is 2.70. The summed E-state index contributed by atoms with van der Waals surface area (Å²) in [5, 5.41) is 0. The monoisotopic (exact) mass is 256 g/mol. The van der Waals surface area contributed by atoms with E-state index in [9.17, 15) is 4.79 Å². The summed E-state index contributed by atoms with van der Waals surface area (Å²) in [6.07, 6.45) is 3.97. The average Bonchev–Trinajstić information content (AvgIpc) is 3.01. The van der Waals surface area contributed by atoms with E-state index in [0.717, 1.165) is 18.5 Å². The van der Waals surface area contributed by atoms with Crippen LogP contribution in [0.5, 0.6) is 0 Å². The van der Waals surface area contributed by atoms with Crippen molar-refractivity contribution in [1.29, 1.82) is 0 Å². The van der Waals surface area contributed by atoms with Crippen LogP contribution < -0.4 is 0 Å². The summed E-state index contributed by atoms with van der Waals surface area (Å²) in [5.74, 6) is 0.0332. The van der Waals surface area contributed by atoms with Crippen LogP contribution in [0.3, 0.4) is 0 Å². The number of carbonyl (C=O) groups excluding carboxylic acids is 1. The summed E-state index contributed by atoms with van der Waals surface area (Å²) in [6.45, 7) is 0. The Balaban J connectivity index is 2.36. The number of halogens is 1. The highest BCUT2D eigenvalue weighted by atomic mass is 79.9. The Hall–Kier alpha value is -0.970. The van der Waals surface area contributed by atoms with Gasteiger partial charge in [-0.3, -0.25) is 0 Å². The maximum absolute atomic E-state index is 11.3. The van der Waals surface area contributed by atoms with Gasteiger partial charge in [0.1, 0.15) is 4.60 Å². The summed E-state index contributed by atoms with van der Waals surface area (Å²) in [6, 6.07) is 0. The lowest BCUT2D eigenvalue weighted by Gasteiger charge is -2.02. The zero-order chi connectivity index (χ0) is 10.1. The molecule has 0 aromatic carbocycles. The van der Waals surface area contributed by atoms with E-state index in [-0.39, 0.29) is 5.69 Å². The van der Waals surface area contributed by atoms with Crippen molar-refractivity contribution >= 4 is 21.9 Å². The lowest BCUT2D eigenvalue weighted by atomic mass is 10.3. The van der Waals surface area contributed by atoms with Crippen molar-refractivity contribution in [2.45, 2.75) is 18.8 Å². The van der Waals surface area contributed by atoms with Gasteiger partial charge in [-0.2, -0.15) is 0 Å². The Morgan fingerprint density at radius 3 is 2.93 bits per heavy atom. The first-order chi connectivity index (χ1) is 6.72. The van der Waals surface area contributed by atoms with E-state index in [2.05, 4.69) is 30.6 Å². The van der Waals surface area contributed by atoms with Crippen molar-refractivity contribution in [3.05, 3.63) is 22.2 Å². The second-order valence-electron chi connectivity index (χ2n) is 3.20. The van der Waals surface area contributed by atoms with Crippen molar-refractivity contribution in [3.8, 4) is 0 Å². The zero-order valence-corrected chi connectivity index (χ0v) is 9.24. The van der Waals surface area contributed by atoms with E-state index in [4.69, 9.17) is 0 Å². The number of carbonyl (C=O) groups is 1. The molecule has 14 heavy (non-hydrogen) atoms. The average molecular weight is 257 g/mol. The number of hydrogen-bond acceptors (Lipinski definition) is 4. The molecule has 0 radical (unpaired) electrons. The predicted octanol–water partition coefficient (Wildman–Crippen LogP) is 1.90. The molecule has 1 aliphatic rings. The van der Waals surface area contributed by atoms with E-state index in [1.165, 1.54) is 7.11 Å². The Morgan fingerprint density at radius 1 is 1.64 bits per heavy atom. The van der Waals surface area contributed by atoms with Gasteiger partial charge >= 0.3 is 5.97 Å². The molecule has 74 valence electrons. The molecular weight excluding hydrogens is 248 g/mol. The van der Waals surface area contributed by atoms with Gasteiger partial charge in [-0.25, -0.2) is 14.8 Å². The number of ether oxygens (including phenoxy) is 1. The van der Waals surface area contributed by atoms with Crippen LogP contribution in [0.15, 0.2) is 10.8 Å². The molecule has 1 heterocycles. The highest BCUT2D eigenvalue weighted by Crippen LogP contribution is 2.39. The second kappa shape index (κ2) is 3.65. The molecule has 0 amide bonds. The molecule has 0 spiro atoms. The minimum absolute atomic E-state index is 0.261. The number of nitrogens with zero attached hydrogens (tertiary/aromatic N) is 2. The number of esters is 1. The molecule has 1 saturated carbocycles. The fourth-order valence-corrected chi connectivity index (χ4v) is 1.54. The molecule has 2 rings (SSSR count). The third-order valence-electron chi connectivity index (χ3n) is 2.12. The highest BCUT2D eigenvalue weighted by molar-refractivity contribution is 9.10. The normalized spacial score (nSPS) is 15.3. The first-order valence-electron chi connectivity index (χ1n) is 4.33. The molecule has 0 saturated heterocycles. The molecule has 0 bridgehead atoms. The molecule has 5 heteroatoms. The Bertz CT molecular complexity index is 377. The van der Waals surface area contributed by atoms with Crippen LogP contribution in [0.2, 0.25) is 0 Å². The SMILES string of the molecule is COC(=O)c1nc(C2CC2)cnc1Br. The fraction of sp³-hybridized carbons (Fsp3) is 0.444. The molecule has 1 aliphatic carbocycles. The molecule has 0 unspecified atom stereocenters. The van der Waals surface area contributed by atoms with Crippen LogP contribution in [-0.2, 0) is 4.74 Å². The standard InChI is InChI=1S/C9H9BrN2O2/c1-14-9(13)7-8(10)11-4-6(12-7)5-2-3-5/h4-5H,2-3H2,1H3. The van der Waals surface area contributed by atoms with Gasteiger partial charge in [-0.05, 0) is 28.8 Å². The Morgan fingerprint density at radius 2 is 2.36 bits per heavy atom. The number of aromatic nitrogens is 2. The van der Waals surface area contributed by atoms with Gasteiger partial charge in [-0.15, -0.1) is 0 Å². The molecule has 0 N–H and O–H groups in total. The van der Waals surface area contributed by atoms with E-state index >= 15 is 0 Å². The molecule has 1 aromatic rings. The minimum Gasteiger partial charge on any atom is -0.464 e. The van der Waals surface area contributed by atoms with Crippen LogP contribution in [0.25, 0.3) is 0 Å². The molecule has 0 atom stereocenters. The van der Waals surface area contributed by atoms with Crippen LogP contribution in [0.1, 0.15) is 34.9 Å². The highest BCUT2D eigenvalue weighted by Gasteiger charge is 2.27. The topological polar surface area (TPSA) is 52.1 Å². The molecule has 0 aliphatic heterocycles. The predicted molar refractivity (Wildman–Crippen MR) is 53.0 cm³/mol. The third kappa shape index (κ3) is 1.77. The molecular formula is C9H9BrN2O2. The summed E-state index contributed by atoms with van der Waals surface area (Å²) >= 11 is 3.17. The summed E-state index contributed by atoms with van der Waals surface area (Å²) in [4.78, 5) is 19.6. The van der Waals surface area contributed by atoms with Gasteiger partial charge in [-0.1, -0.05) is 0 Å².